The largest absolute Gasteiger partial charge is 0.343 e. The molecule has 1 aliphatic heterocycles. The Bertz CT molecular complexity index is 1130. The minimum atomic E-state index is -0.187. The third-order valence-corrected chi connectivity index (χ3v) is 4.73. The average Bonchev–Trinajstić information content (AvgIpc) is 3.32. The van der Waals surface area contributed by atoms with Crippen molar-refractivity contribution in [1.82, 2.24) is 29.3 Å². The quantitative estimate of drug-likeness (QED) is 0.603. The summed E-state index contributed by atoms with van der Waals surface area (Å²) in [6, 6.07) is 6.15. The second kappa shape index (κ2) is 5.17. The molecule has 0 spiro atoms. The number of pyridine rings is 1. The maximum absolute atomic E-state index is 11.8. The summed E-state index contributed by atoms with van der Waals surface area (Å²) in [6.07, 6.45) is 5.61. The molecule has 5 rings (SSSR count). The van der Waals surface area contributed by atoms with E-state index in [1.807, 2.05) is 18.3 Å². The van der Waals surface area contributed by atoms with Gasteiger partial charge in [-0.3, -0.25) is 4.57 Å². The molecule has 1 unspecified atom stereocenters. The summed E-state index contributed by atoms with van der Waals surface area (Å²) in [4.78, 5) is 16.3. The molecule has 4 aromatic heterocycles. The van der Waals surface area contributed by atoms with Crippen LogP contribution in [-0.2, 0) is 13.0 Å². The van der Waals surface area contributed by atoms with Crippen LogP contribution in [0.4, 0.5) is 0 Å². The summed E-state index contributed by atoms with van der Waals surface area (Å²) in [5, 5.41) is 10.6. The summed E-state index contributed by atoms with van der Waals surface area (Å²) in [5.74, 6) is 1.95. The molecule has 0 fully saturated rings. The lowest BCUT2D eigenvalue weighted by Crippen LogP contribution is -2.27. The van der Waals surface area contributed by atoms with Crippen molar-refractivity contribution in [2.45, 2.75) is 32.2 Å². The van der Waals surface area contributed by atoms with Crippen LogP contribution >= 0.6 is 0 Å². The molecular weight excluding hydrogens is 320 g/mol. The number of fused-ring (bicyclic) bond motifs is 2. The lowest BCUT2D eigenvalue weighted by Gasteiger charge is -2.18. The van der Waals surface area contributed by atoms with Crippen LogP contribution < -0.4 is 5.69 Å². The van der Waals surface area contributed by atoms with Gasteiger partial charge >= 0.3 is 5.69 Å². The van der Waals surface area contributed by atoms with Crippen molar-refractivity contribution >= 4 is 5.52 Å². The molecular formula is C17H16N6O2. The van der Waals surface area contributed by atoms with Crippen molar-refractivity contribution in [2.75, 3.05) is 0 Å². The lowest BCUT2D eigenvalue weighted by molar-refractivity contribution is 0.314. The third kappa shape index (κ3) is 2.29. The van der Waals surface area contributed by atoms with Crippen LogP contribution in [0.1, 0.15) is 29.6 Å². The van der Waals surface area contributed by atoms with Crippen LogP contribution in [-0.4, -0.2) is 29.3 Å². The van der Waals surface area contributed by atoms with E-state index in [-0.39, 0.29) is 11.6 Å². The van der Waals surface area contributed by atoms with Crippen LogP contribution in [0.15, 0.2) is 39.9 Å². The van der Waals surface area contributed by atoms with Gasteiger partial charge < -0.3 is 8.92 Å². The molecule has 0 saturated carbocycles. The van der Waals surface area contributed by atoms with E-state index >= 15 is 0 Å². The fourth-order valence-corrected chi connectivity index (χ4v) is 3.45. The van der Waals surface area contributed by atoms with E-state index in [2.05, 4.69) is 43.9 Å². The molecule has 0 aromatic carbocycles. The molecule has 8 nitrogen and oxygen atoms in total. The van der Waals surface area contributed by atoms with Gasteiger partial charge in [-0.1, -0.05) is 5.16 Å². The Morgan fingerprint density at radius 2 is 2.24 bits per heavy atom. The standard InChI is InChI=1S/C17H16N6O2/c1-10-6-13-4-2-11(8-22(13)7-10)15-18-16(25-21-15)12-3-5-14-19-20-17(24)23(14)9-12/h2,4,6-8,12H,3,5,9H2,1H3,(H,20,24). The Morgan fingerprint density at radius 1 is 1.32 bits per heavy atom. The van der Waals surface area contributed by atoms with E-state index in [0.29, 0.717) is 18.3 Å². The first kappa shape index (κ1) is 14.2. The van der Waals surface area contributed by atoms with Crippen molar-refractivity contribution in [2.24, 2.45) is 0 Å². The predicted octanol–water partition coefficient (Wildman–Crippen LogP) is 1.91. The highest BCUT2D eigenvalue weighted by Gasteiger charge is 2.27. The van der Waals surface area contributed by atoms with Gasteiger partial charge in [-0.05, 0) is 37.1 Å². The summed E-state index contributed by atoms with van der Waals surface area (Å²) in [5.41, 5.74) is 3.04. The molecule has 0 bridgehead atoms. The third-order valence-electron chi connectivity index (χ3n) is 4.73. The van der Waals surface area contributed by atoms with E-state index in [4.69, 9.17) is 4.52 Å². The molecule has 4 aromatic rings. The Kier molecular flexibility index (Phi) is 2.94. The first-order valence-electron chi connectivity index (χ1n) is 8.24. The highest BCUT2D eigenvalue weighted by molar-refractivity contribution is 5.60. The summed E-state index contributed by atoms with van der Waals surface area (Å²) >= 11 is 0. The second-order valence-electron chi connectivity index (χ2n) is 6.51. The van der Waals surface area contributed by atoms with Gasteiger partial charge in [0, 0.05) is 36.4 Å². The summed E-state index contributed by atoms with van der Waals surface area (Å²) in [7, 11) is 0. The lowest BCUT2D eigenvalue weighted by atomic mass is 9.99. The van der Waals surface area contributed by atoms with Crippen LogP contribution in [0.5, 0.6) is 0 Å². The number of nitrogens with one attached hydrogen (secondary N) is 1. The highest BCUT2D eigenvalue weighted by Crippen LogP contribution is 2.28. The van der Waals surface area contributed by atoms with Gasteiger partial charge in [0.15, 0.2) is 0 Å². The molecule has 25 heavy (non-hydrogen) atoms. The normalized spacial score (nSPS) is 17.1. The Hall–Kier alpha value is -3.16. The molecule has 126 valence electrons. The molecule has 5 heterocycles. The van der Waals surface area contributed by atoms with Crippen molar-refractivity contribution < 1.29 is 4.52 Å². The van der Waals surface area contributed by atoms with E-state index in [1.165, 1.54) is 5.56 Å². The molecule has 0 saturated heterocycles. The van der Waals surface area contributed by atoms with Gasteiger partial charge in [-0.15, -0.1) is 0 Å². The first-order valence-corrected chi connectivity index (χ1v) is 8.24. The van der Waals surface area contributed by atoms with Crippen LogP contribution in [0.25, 0.3) is 16.9 Å². The fraction of sp³-hybridized carbons (Fsp3) is 0.294. The number of H-pyrrole nitrogens is 1. The summed E-state index contributed by atoms with van der Waals surface area (Å²) < 4.78 is 9.19. The van der Waals surface area contributed by atoms with Crippen molar-refractivity contribution in [3.05, 3.63) is 58.4 Å². The zero-order valence-electron chi connectivity index (χ0n) is 13.6. The maximum Gasteiger partial charge on any atom is 0.343 e. The number of rotatable bonds is 2. The van der Waals surface area contributed by atoms with Gasteiger partial charge in [0.05, 0.1) is 5.92 Å². The Labute approximate surface area is 142 Å². The van der Waals surface area contributed by atoms with Crippen LogP contribution in [0.2, 0.25) is 0 Å². The average molecular weight is 336 g/mol. The Morgan fingerprint density at radius 3 is 3.16 bits per heavy atom. The number of hydrogen-bond acceptors (Lipinski definition) is 5. The van der Waals surface area contributed by atoms with Crippen molar-refractivity contribution in [3.63, 3.8) is 0 Å². The fourth-order valence-electron chi connectivity index (χ4n) is 3.45. The van der Waals surface area contributed by atoms with Gasteiger partial charge in [0.2, 0.25) is 11.7 Å². The highest BCUT2D eigenvalue weighted by atomic mass is 16.5. The number of aromatic amines is 1. The van der Waals surface area contributed by atoms with Gasteiger partial charge in [0.25, 0.3) is 0 Å². The number of nitrogens with zero attached hydrogens (tertiary/aromatic N) is 5. The zero-order valence-corrected chi connectivity index (χ0v) is 13.6. The number of aryl methyl sites for hydroxylation is 2. The summed E-state index contributed by atoms with van der Waals surface area (Å²) in [6.45, 7) is 2.58. The van der Waals surface area contributed by atoms with Crippen LogP contribution in [0, 0.1) is 6.92 Å². The smallest absolute Gasteiger partial charge is 0.339 e. The predicted molar refractivity (Wildman–Crippen MR) is 89.3 cm³/mol. The van der Waals surface area contributed by atoms with E-state index in [0.717, 1.165) is 29.7 Å². The second-order valence-corrected chi connectivity index (χ2v) is 6.51. The minimum absolute atomic E-state index is 0.0293. The van der Waals surface area contributed by atoms with E-state index < -0.39 is 0 Å². The topological polar surface area (TPSA) is 94.0 Å². The zero-order chi connectivity index (χ0) is 17.0. The molecule has 0 amide bonds. The Balaban J connectivity index is 1.46. The maximum atomic E-state index is 11.8. The number of aromatic nitrogens is 6. The van der Waals surface area contributed by atoms with E-state index in [1.54, 1.807) is 4.57 Å². The molecule has 0 radical (unpaired) electrons. The van der Waals surface area contributed by atoms with Gasteiger partial charge in [0.1, 0.15) is 5.82 Å². The first-order chi connectivity index (χ1) is 12.2. The molecule has 0 aliphatic carbocycles. The van der Waals surface area contributed by atoms with Crippen molar-refractivity contribution in [3.8, 4) is 11.4 Å². The van der Waals surface area contributed by atoms with Gasteiger partial charge in [-0.25, -0.2) is 9.89 Å². The molecule has 1 aliphatic rings. The molecule has 8 heteroatoms. The van der Waals surface area contributed by atoms with Crippen molar-refractivity contribution in [1.29, 1.82) is 0 Å². The molecule has 1 N–H and O–H groups in total. The van der Waals surface area contributed by atoms with Crippen LogP contribution in [0.3, 0.4) is 0 Å². The SMILES string of the molecule is Cc1cc2ccc(-c3noc(C4CCc5n[nH]c(=O)n5C4)n3)cn2c1. The monoisotopic (exact) mass is 336 g/mol. The van der Waals surface area contributed by atoms with Gasteiger partial charge in [-0.2, -0.15) is 10.1 Å². The molecule has 1 atom stereocenters. The van der Waals surface area contributed by atoms with E-state index in [9.17, 15) is 4.79 Å². The minimum Gasteiger partial charge on any atom is -0.339 e. The number of hydrogen-bond donors (Lipinski definition) is 1.